The molecule has 0 saturated carbocycles. The van der Waals surface area contributed by atoms with Crippen molar-refractivity contribution in [2.45, 2.75) is 13.0 Å². The molecule has 1 rings (SSSR count). The fraction of sp³-hybridized carbons (Fsp3) is 0.750. The van der Waals surface area contributed by atoms with Crippen LogP contribution in [0.15, 0.2) is 0 Å². The lowest BCUT2D eigenvalue weighted by molar-refractivity contribution is -0.140. The van der Waals surface area contributed by atoms with E-state index in [0.29, 0.717) is 18.8 Å². The number of carbonyl (C=O) groups is 2. The van der Waals surface area contributed by atoms with Gasteiger partial charge in [-0.25, -0.2) is 0 Å². The van der Waals surface area contributed by atoms with E-state index in [1.54, 1.807) is 11.8 Å². The van der Waals surface area contributed by atoms with Gasteiger partial charge in [0.2, 0.25) is 11.8 Å². The molecule has 1 aliphatic rings. The fourth-order valence-corrected chi connectivity index (χ4v) is 1.74. The van der Waals surface area contributed by atoms with Crippen molar-refractivity contribution in [3.63, 3.8) is 0 Å². The quantitative estimate of drug-likeness (QED) is 0.668. The molecule has 1 N–H and O–H groups in total. The first-order valence-corrected chi connectivity index (χ1v) is 5.62. The van der Waals surface area contributed by atoms with Crippen LogP contribution in [0.4, 0.5) is 0 Å². The number of nitrogens with one attached hydrogen (secondary N) is 1. The first-order valence-electron chi connectivity index (χ1n) is 4.23. The van der Waals surface area contributed by atoms with E-state index in [9.17, 15) is 9.59 Å². The Morgan fingerprint density at radius 1 is 1.77 bits per heavy atom. The lowest BCUT2D eigenvalue weighted by Crippen LogP contribution is -2.56. The van der Waals surface area contributed by atoms with Gasteiger partial charge in [-0.1, -0.05) is 0 Å². The van der Waals surface area contributed by atoms with E-state index in [-0.39, 0.29) is 17.9 Å². The summed E-state index contributed by atoms with van der Waals surface area (Å²) in [5, 5.41) is 2.72. The summed E-state index contributed by atoms with van der Waals surface area (Å²) in [6.45, 7) is 2.96. The van der Waals surface area contributed by atoms with Crippen LogP contribution in [-0.2, 0) is 9.59 Å². The van der Waals surface area contributed by atoms with Crippen molar-refractivity contribution in [3.05, 3.63) is 0 Å². The average Bonchev–Trinajstić information content (AvgIpc) is 2.10. The van der Waals surface area contributed by atoms with Crippen LogP contribution >= 0.6 is 11.8 Å². The summed E-state index contributed by atoms with van der Waals surface area (Å²) in [6, 6.07) is -0.312. The van der Waals surface area contributed by atoms with Crippen molar-refractivity contribution in [2.24, 2.45) is 0 Å². The molecule has 1 aliphatic heterocycles. The molecule has 1 atom stereocenters. The Bertz CT molecular complexity index is 220. The van der Waals surface area contributed by atoms with Crippen LogP contribution in [0.5, 0.6) is 0 Å². The maximum absolute atomic E-state index is 11.5. The van der Waals surface area contributed by atoms with Gasteiger partial charge in [0.1, 0.15) is 6.04 Å². The Balaban J connectivity index is 2.57. The van der Waals surface area contributed by atoms with Gasteiger partial charge in [0.05, 0.1) is 5.75 Å². The summed E-state index contributed by atoms with van der Waals surface area (Å²) < 4.78 is 0. The highest BCUT2D eigenvalue weighted by Crippen LogP contribution is 2.06. The number of hydrogen-bond donors (Lipinski definition) is 1. The van der Waals surface area contributed by atoms with Gasteiger partial charge < -0.3 is 10.2 Å². The van der Waals surface area contributed by atoms with Crippen LogP contribution in [0.25, 0.3) is 0 Å². The molecule has 2 amide bonds. The van der Waals surface area contributed by atoms with Crippen molar-refractivity contribution < 1.29 is 9.59 Å². The molecule has 13 heavy (non-hydrogen) atoms. The Labute approximate surface area is 82.0 Å². The van der Waals surface area contributed by atoms with E-state index >= 15 is 0 Å². The summed E-state index contributed by atoms with van der Waals surface area (Å²) in [5.74, 6) is 0.452. The smallest absolute Gasteiger partial charge is 0.242 e. The molecular weight excluding hydrogens is 188 g/mol. The lowest BCUT2D eigenvalue weighted by atomic mass is 10.2. The first-order chi connectivity index (χ1) is 6.16. The maximum Gasteiger partial charge on any atom is 0.242 e. The van der Waals surface area contributed by atoms with Gasteiger partial charge in [-0.15, -0.1) is 0 Å². The second kappa shape index (κ2) is 4.50. The minimum Gasteiger partial charge on any atom is -0.353 e. The number of thioether (sulfide) groups is 1. The molecule has 0 aromatic rings. The number of carbonyl (C=O) groups excluding carboxylic acids is 2. The van der Waals surface area contributed by atoms with Crippen LogP contribution in [0, 0.1) is 0 Å². The molecule has 1 fully saturated rings. The van der Waals surface area contributed by atoms with Crippen LogP contribution in [0.1, 0.15) is 6.92 Å². The number of hydrogen-bond acceptors (Lipinski definition) is 3. The zero-order valence-electron chi connectivity index (χ0n) is 7.87. The summed E-state index contributed by atoms with van der Waals surface area (Å²) >= 11 is 1.48. The van der Waals surface area contributed by atoms with Gasteiger partial charge in [-0.3, -0.25) is 9.59 Å². The lowest BCUT2D eigenvalue weighted by Gasteiger charge is -2.32. The molecule has 1 unspecified atom stereocenters. The highest BCUT2D eigenvalue weighted by molar-refractivity contribution is 7.99. The highest BCUT2D eigenvalue weighted by atomic mass is 32.2. The minimum atomic E-state index is -0.312. The van der Waals surface area contributed by atoms with E-state index < -0.39 is 0 Å². The third-order valence-electron chi connectivity index (χ3n) is 2.09. The zero-order chi connectivity index (χ0) is 9.84. The molecule has 0 aromatic heterocycles. The van der Waals surface area contributed by atoms with Gasteiger partial charge >= 0.3 is 0 Å². The van der Waals surface area contributed by atoms with Crippen molar-refractivity contribution in [3.8, 4) is 0 Å². The van der Waals surface area contributed by atoms with Gasteiger partial charge in [-0.2, -0.15) is 11.8 Å². The summed E-state index contributed by atoms with van der Waals surface area (Å²) in [7, 11) is 0. The van der Waals surface area contributed by atoms with E-state index in [0.717, 1.165) is 0 Å². The molecule has 0 bridgehead atoms. The Morgan fingerprint density at radius 3 is 3.08 bits per heavy atom. The maximum atomic E-state index is 11.5. The van der Waals surface area contributed by atoms with E-state index in [1.807, 2.05) is 6.26 Å². The monoisotopic (exact) mass is 202 g/mol. The topological polar surface area (TPSA) is 49.4 Å². The molecule has 0 aliphatic carbocycles. The minimum absolute atomic E-state index is 0.0508. The molecular formula is C8H14N2O2S. The first kappa shape index (κ1) is 10.4. The Hall–Kier alpha value is -0.710. The fourth-order valence-electron chi connectivity index (χ4n) is 1.33. The van der Waals surface area contributed by atoms with E-state index in [4.69, 9.17) is 0 Å². The molecule has 1 saturated heterocycles. The van der Waals surface area contributed by atoms with Crippen molar-refractivity contribution >= 4 is 23.6 Å². The number of amides is 2. The van der Waals surface area contributed by atoms with Crippen LogP contribution in [-0.4, -0.2) is 47.9 Å². The number of nitrogens with zero attached hydrogens (tertiary/aromatic N) is 1. The normalized spacial score (nSPS) is 22.8. The van der Waals surface area contributed by atoms with Gasteiger partial charge in [-0.05, 0) is 13.2 Å². The van der Waals surface area contributed by atoms with Gasteiger partial charge in [0, 0.05) is 13.1 Å². The Kier molecular flexibility index (Phi) is 3.59. The standard InChI is InChI=1S/C8H14N2O2S/c1-6-8(12)9-3-4-10(6)7(11)5-13-2/h6H,3-5H2,1-2H3,(H,9,12). The summed E-state index contributed by atoms with van der Waals surface area (Å²) in [5.41, 5.74) is 0. The van der Waals surface area contributed by atoms with Gasteiger partial charge in [0.25, 0.3) is 0 Å². The molecule has 0 radical (unpaired) electrons. The van der Waals surface area contributed by atoms with E-state index in [2.05, 4.69) is 5.32 Å². The molecule has 0 aromatic carbocycles. The highest BCUT2D eigenvalue weighted by Gasteiger charge is 2.28. The SMILES string of the molecule is CSCC(=O)N1CCNC(=O)C1C. The van der Waals surface area contributed by atoms with Crippen molar-refractivity contribution in [2.75, 3.05) is 25.1 Å². The van der Waals surface area contributed by atoms with Crippen molar-refractivity contribution in [1.29, 1.82) is 0 Å². The van der Waals surface area contributed by atoms with Gasteiger partial charge in [0.15, 0.2) is 0 Å². The average molecular weight is 202 g/mol. The van der Waals surface area contributed by atoms with Crippen LogP contribution < -0.4 is 5.32 Å². The molecule has 1 heterocycles. The molecule has 74 valence electrons. The second-order valence-electron chi connectivity index (χ2n) is 2.99. The van der Waals surface area contributed by atoms with Crippen LogP contribution in [0.3, 0.4) is 0 Å². The largest absolute Gasteiger partial charge is 0.353 e. The zero-order valence-corrected chi connectivity index (χ0v) is 8.69. The van der Waals surface area contributed by atoms with E-state index in [1.165, 1.54) is 11.8 Å². The predicted octanol–water partition coefficient (Wildman–Crippen LogP) is -0.304. The van der Waals surface area contributed by atoms with Crippen molar-refractivity contribution in [1.82, 2.24) is 10.2 Å². The molecule has 5 heteroatoms. The number of piperazine rings is 1. The molecule has 0 spiro atoms. The predicted molar refractivity (Wildman–Crippen MR) is 52.6 cm³/mol. The summed E-state index contributed by atoms with van der Waals surface area (Å²) in [4.78, 5) is 24.3. The van der Waals surface area contributed by atoms with Crippen LogP contribution in [0.2, 0.25) is 0 Å². The third-order valence-corrected chi connectivity index (χ3v) is 2.62. The third kappa shape index (κ3) is 2.37. The Morgan fingerprint density at radius 2 is 2.46 bits per heavy atom. The summed E-state index contributed by atoms with van der Waals surface area (Å²) in [6.07, 6.45) is 1.88. The molecule has 4 nitrogen and oxygen atoms in total. The second-order valence-corrected chi connectivity index (χ2v) is 3.85. The number of rotatable bonds is 2.